The van der Waals surface area contributed by atoms with Crippen molar-refractivity contribution >= 4 is 64.7 Å². The Bertz CT molecular complexity index is 988. The van der Waals surface area contributed by atoms with Crippen molar-refractivity contribution in [1.29, 1.82) is 0 Å². The number of hydrogen-bond donors (Lipinski definition) is 2. The van der Waals surface area contributed by atoms with Gasteiger partial charge >= 0.3 is 5.97 Å². The Labute approximate surface area is 160 Å². The fourth-order valence-corrected chi connectivity index (χ4v) is 4.09. The van der Waals surface area contributed by atoms with Gasteiger partial charge in [-0.2, -0.15) is 0 Å². The lowest BCUT2D eigenvalue weighted by Crippen LogP contribution is -2.05. The first-order chi connectivity index (χ1) is 11.3. The van der Waals surface area contributed by atoms with Gasteiger partial charge in [0.1, 0.15) is 15.0 Å². The molecule has 124 valence electrons. The molecule has 0 unspecified atom stereocenters. The monoisotopic (exact) mass is 520 g/mol. The maximum absolute atomic E-state index is 14.0. The highest BCUT2D eigenvalue weighted by Gasteiger charge is 2.25. The van der Waals surface area contributed by atoms with Crippen LogP contribution in [0.25, 0.3) is 10.9 Å². The molecule has 3 rings (SSSR count). The Hall–Kier alpha value is -1.45. The van der Waals surface area contributed by atoms with Gasteiger partial charge in [0.2, 0.25) is 0 Å². The summed E-state index contributed by atoms with van der Waals surface area (Å²) in [6.07, 6.45) is 0. The van der Waals surface area contributed by atoms with Crippen molar-refractivity contribution in [3.8, 4) is 5.75 Å². The molecule has 0 atom stereocenters. The molecule has 2 aromatic heterocycles. The van der Waals surface area contributed by atoms with Crippen LogP contribution in [-0.4, -0.2) is 25.7 Å². The van der Waals surface area contributed by atoms with E-state index in [1.165, 1.54) is 6.07 Å². The van der Waals surface area contributed by atoms with Gasteiger partial charge in [0, 0.05) is 5.56 Å². The van der Waals surface area contributed by atoms with Gasteiger partial charge in [-0.1, -0.05) is 18.2 Å². The number of halogens is 4. The van der Waals surface area contributed by atoms with Crippen molar-refractivity contribution in [2.24, 2.45) is 0 Å². The summed E-state index contributed by atoms with van der Waals surface area (Å²) < 4.78 is 16.9. The lowest BCUT2D eigenvalue weighted by Gasteiger charge is -2.10. The summed E-state index contributed by atoms with van der Waals surface area (Å²) in [5.41, 5.74) is 0.418. The summed E-state index contributed by atoms with van der Waals surface area (Å²) in [5, 5.41) is 19.7. The van der Waals surface area contributed by atoms with E-state index in [9.17, 15) is 14.3 Å². The van der Waals surface area contributed by atoms with E-state index in [1.54, 1.807) is 22.8 Å². The largest absolute Gasteiger partial charge is 0.505 e. The highest BCUT2D eigenvalue weighted by atomic mass is 79.9. The van der Waals surface area contributed by atoms with Crippen molar-refractivity contribution in [3.05, 3.63) is 55.0 Å². The summed E-state index contributed by atoms with van der Waals surface area (Å²) in [7, 11) is 0. The van der Waals surface area contributed by atoms with Gasteiger partial charge in [0.15, 0.2) is 11.4 Å². The summed E-state index contributed by atoms with van der Waals surface area (Å²) in [6.45, 7) is 0.168. The number of aromatic carboxylic acids is 1. The molecule has 9 heteroatoms. The Morgan fingerprint density at radius 3 is 2.54 bits per heavy atom. The Kier molecular flexibility index (Phi) is 4.67. The number of benzene rings is 1. The van der Waals surface area contributed by atoms with Gasteiger partial charge in [-0.25, -0.2) is 14.2 Å². The standard InChI is InChI=1S/C15H8Br3FN2O3/c16-9-8-11(13(17)20-10(12(8)22)15(23)24)21(14(9)18)5-6-3-1-2-4-7(6)19/h1-4,22H,5H2,(H,23,24). The number of aromatic hydroxyl groups is 1. The molecule has 0 radical (unpaired) electrons. The zero-order valence-electron chi connectivity index (χ0n) is 11.7. The van der Waals surface area contributed by atoms with Crippen LogP contribution >= 0.6 is 47.8 Å². The molecule has 0 fully saturated rings. The Balaban J connectivity index is 2.31. The number of pyridine rings is 1. The van der Waals surface area contributed by atoms with Crippen LogP contribution in [0.5, 0.6) is 5.75 Å². The fraction of sp³-hybridized carbons (Fsp3) is 0.0667. The summed E-state index contributed by atoms with van der Waals surface area (Å²) in [6, 6.07) is 6.33. The van der Waals surface area contributed by atoms with E-state index in [4.69, 9.17) is 5.11 Å². The third-order valence-electron chi connectivity index (χ3n) is 3.50. The van der Waals surface area contributed by atoms with Crippen molar-refractivity contribution in [1.82, 2.24) is 9.55 Å². The summed E-state index contributed by atoms with van der Waals surface area (Å²) >= 11 is 9.97. The van der Waals surface area contributed by atoms with E-state index in [-0.39, 0.29) is 22.4 Å². The molecule has 2 N–H and O–H groups in total. The molecule has 0 saturated carbocycles. The molecule has 0 aliphatic carbocycles. The zero-order chi connectivity index (χ0) is 17.6. The number of rotatable bonds is 3. The Morgan fingerprint density at radius 2 is 1.92 bits per heavy atom. The van der Waals surface area contributed by atoms with Crippen LogP contribution in [0.1, 0.15) is 16.1 Å². The van der Waals surface area contributed by atoms with E-state index in [2.05, 4.69) is 52.8 Å². The number of aromatic nitrogens is 2. The third kappa shape index (κ3) is 2.74. The summed E-state index contributed by atoms with van der Waals surface area (Å²) in [5.74, 6) is -2.17. The lowest BCUT2D eigenvalue weighted by molar-refractivity contribution is 0.0687. The molecule has 0 bridgehead atoms. The molecule has 2 heterocycles. The quantitative estimate of drug-likeness (QED) is 0.479. The first kappa shape index (κ1) is 17.4. The van der Waals surface area contributed by atoms with Crippen molar-refractivity contribution in [3.63, 3.8) is 0 Å². The number of fused-ring (bicyclic) bond motifs is 1. The van der Waals surface area contributed by atoms with Crippen molar-refractivity contribution in [2.45, 2.75) is 6.54 Å². The molecule has 0 saturated heterocycles. The second kappa shape index (κ2) is 6.45. The van der Waals surface area contributed by atoms with E-state index in [1.807, 2.05) is 0 Å². The number of hydrogen-bond acceptors (Lipinski definition) is 3. The van der Waals surface area contributed by atoms with Crippen LogP contribution < -0.4 is 0 Å². The number of nitrogens with zero attached hydrogens (tertiary/aromatic N) is 2. The topological polar surface area (TPSA) is 75.3 Å². The predicted molar refractivity (Wildman–Crippen MR) is 97.0 cm³/mol. The Morgan fingerprint density at radius 1 is 1.25 bits per heavy atom. The van der Waals surface area contributed by atoms with Gasteiger partial charge in [-0.15, -0.1) is 0 Å². The minimum Gasteiger partial charge on any atom is -0.505 e. The normalized spacial score (nSPS) is 11.2. The van der Waals surface area contributed by atoms with Crippen LogP contribution in [-0.2, 0) is 6.54 Å². The van der Waals surface area contributed by atoms with Gasteiger partial charge in [-0.3, -0.25) is 0 Å². The van der Waals surface area contributed by atoms with Gasteiger partial charge in [0.25, 0.3) is 0 Å². The first-order valence-corrected chi connectivity index (χ1v) is 8.93. The van der Waals surface area contributed by atoms with Crippen LogP contribution in [0.15, 0.2) is 37.9 Å². The second-order valence-corrected chi connectivity index (χ2v) is 7.21. The molecule has 0 amide bonds. The van der Waals surface area contributed by atoms with Gasteiger partial charge in [-0.05, 0) is 53.9 Å². The molecule has 24 heavy (non-hydrogen) atoms. The molecular weight excluding hydrogens is 515 g/mol. The highest BCUT2D eigenvalue weighted by Crippen LogP contribution is 2.43. The van der Waals surface area contributed by atoms with E-state index >= 15 is 0 Å². The van der Waals surface area contributed by atoms with E-state index in [0.717, 1.165) is 0 Å². The molecule has 0 spiro atoms. The second-order valence-electron chi connectivity index (χ2n) is 4.91. The van der Waals surface area contributed by atoms with Crippen LogP contribution in [0.2, 0.25) is 0 Å². The average molecular weight is 523 g/mol. The predicted octanol–water partition coefficient (Wildman–Crippen LogP) is 4.92. The highest BCUT2D eigenvalue weighted by molar-refractivity contribution is 9.13. The zero-order valence-corrected chi connectivity index (χ0v) is 16.5. The molecule has 0 aliphatic heterocycles. The molecule has 3 aromatic rings. The number of carboxylic acid groups (broad SMARTS) is 1. The van der Waals surface area contributed by atoms with Crippen LogP contribution in [0, 0.1) is 5.82 Å². The van der Waals surface area contributed by atoms with Gasteiger partial charge in [0.05, 0.1) is 21.9 Å². The van der Waals surface area contributed by atoms with E-state index in [0.29, 0.717) is 20.2 Å². The van der Waals surface area contributed by atoms with Crippen LogP contribution in [0.3, 0.4) is 0 Å². The maximum Gasteiger partial charge on any atom is 0.358 e. The van der Waals surface area contributed by atoms with Gasteiger partial charge < -0.3 is 14.8 Å². The maximum atomic E-state index is 14.0. The minimum absolute atomic E-state index is 0.168. The molecule has 0 aliphatic rings. The molecule has 5 nitrogen and oxygen atoms in total. The third-order valence-corrected chi connectivity index (χ3v) is 6.18. The number of carbonyl (C=O) groups is 1. The lowest BCUT2D eigenvalue weighted by atomic mass is 10.2. The minimum atomic E-state index is -1.35. The van der Waals surface area contributed by atoms with Crippen LogP contribution in [0.4, 0.5) is 4.39 Å². The SMILES string of the molecule is O=C(O)c1nc(Br)c2c(c1O)c(Br)c(Br)n2Cc1ccccc1F. The summed E-state index contributed by atoms with van der Waals surface area (Å²) in [4.78, 5) is 15.1. The van der Waals surface area contributed by atoms with Crippen molar-refractivity contribution in [2.75, 3.05) is 0 Å². The van der Waals surface area contributed by atoms with Crippen molar-refractivity contribution < 1.29 is 19.4 Å². The number of carboxylic acids is 1. The smallest absolute Gasteiger partial charge is 0.358 e. The first-order valence-electron chi connectivity index (χ1n) is 6.55. The molecule has 1 aromatic carbocycles. The van der Waals surface area contributed by atoms with E-state index < -0.39 is 17.4 Å². The fourth-order valence-electron chi connectivity index (χ4n) is 2.41. The molecular formula is C15H8Br3FN2O3. The average Bonchev–Trinajstić information content (AvgIpc) is 2.78.